The molecular formula is C19H16ClF2N3O2. The second kappa shape index (κ2) is 7.84. The molecule has 1 unspecified atom stereocenters. The van der Waals surface area contributed by atoms with Gasteiger partial charge in [0.2, 0.25) is 0 Å². The maximum Gasteiger partial charge on any atom is 0.151 e. The molecule has 0 bridgehead atoms. The lowest BCUT2D eigenvalue weighted by molar-refractivity contribution is -0.108. The summed E-state index contributed by atoms with van der Waals surface area (Å²) in [6.07, 6.45) is 6.64. The molecule has 0 saturated heterocycles. The maximum atomic E-state index is 13.7. The van der Waals surface area contributed by atoms with Crippen LogP contribution in [0.1, 0.15) is 18.2 Å². The van der Waals surface area contributed by atoms with Crippen molar-refractivity contribution in [3.05, 3.63) is 76.2 Å². The summed E-state index contributed by atoms with van der Waals surface area (Å²) >= 11 is 5.99. The van der Waals surface area contributed by atoms with Crippen molar-refractivity contribution in [2.75, 3.05) is 4.90 Å². The van der Waals surface area contributed by atoms with E-state index >= 15 is 0 Å². The molecule has 0 amide bonds. The number of anilines is 1. The predicted octanol–water partition coefficient (Wildman–Crippen LogP) is 4.11. The largest absolute Gasteiger partial charge is 0.487 e. The number of aldehydes is 1. The van der Waals surface area contributed by atoms with E-state index in [1.807, 2.05) is 13.8 Å². The summed E-state index contributed by atoms with van der Waals surface area (Å²) in [5, 5.41) is 0.317. The van der Waals surface area contributed by atoms with Crippen LogP contribution in [0, 0.1) is 18.6 Å². The van der Waals surface area contributed by atoms with Gasteiger partial charge in [0.05, 0.1) is 6.20 Å². The number of carbonyl (C=O) groups excluding carboxylic acids is 1. The van der Waals surface area contributed by atoms with Crippen molar-refractivity contribution < 1.29 is 18.3 Å². The van der Waals surface area contributed by atoms with Gasteiger partial charge in [-0.15, -0.1) is 0 Å². The molecule has 0 radical (unpaired) electrons. The summed E-state index contributed by atoms with van der Waals surface area (Å²) in [5.74, 6) is -1.15. The zero-order chi connectivity index (χ0) is 19.6. The van der Waals surface area contributed by atoms with Crippen LogP contribution in [0.3, 0.4) is 0 Å². The number of allylic oxidation sites excluding steroid dienone is 2. The van der Waals surface area contributed by atoms with E-state index in [4.69, 9.17) is 16.3 Å². The summed E-state index contributed by atoms with van der Waals surface area (Å²) in [6.45, 7) is 3.50. The first-order chi connectivity index (χ1) is 12.9. The van der Waals surface area contributed by atoms with Crippen LogP contribution in [0.4, 0.5) is 14.5 Å². The Hall–Kier alpha value is -2.80. The van der Waals surface area contributed by atoms with Gasteiger partial charge in [-0.3, -0.25) is 4.98 Å². The molecule has 0 aliphatic carbocycles. The third-order valence-corrected chi connectivity index (χ3v) is 4.27. The zero-order valence-corrected chi connectivity index (χ0v) is 15.4. The Bertz CT molecular complexity index is 947. The molecule has 0 N–H and O–H groups in total. The SMILES string of the molecule is CC1=CC(OCc2ncc(F)cc2F)=CC(C=O)N1c1cc(Cl)ncc1C. The molecule has 2 aromatic heterocycles. The molecule has 140 valence electrons. The molecule has 27 heavy (non-hydrogen) atoms. The molecule has 3 heterocycles. The van der Waals surface area contributed by atoms with E-state index < -0.39 is 17.7 Å². The number of nitrogens with zero attached hydrogens (tertiary/aromatic N) is 3. The number of halogens is 3. The van der Waals surface area contributed by atoms with Gasteiger partial charge in [0.25, 0.3) is 0 Å². The average molecular weight is 392 g/mol. The zero-order valence-electron chi connectivity index (χ0n) is 14.6. The molecule has 2 aromatic rings. The molecule has 3 rings (SSSR count). The number of ether oxygens (including phenoxy) is 1. The number of carbonyl (C=O) groups is 1. The third kappa shape index (κ3) is 4.14. The number of pyridine rings is 2. The average Bonchev–Trinajstić information content (AvgIpc) is 2.62. The molecule has 1 aliphatic heterocycles. The topological polar surface area (TPSA) is 55.3 Å². The summed E-state index contributed by atoms with van der Waals surface area (Å²) in [4.78, 5) is 21.2. The lowest BCUT2D eigenvalue weighted by Gasteiger charge is -2.33. The normalized spacial score (nSPS) is 16.6. The number of hydrogen-bond acceptors (Lipinski definition) is 5. The first-order valence-corrected chi connectivity index (χ1v) is 8.46. The van der Waals surface area contributed by atoms with Crippen LogP contribution >= 0.6 is 11.6 Å². The third-order valence-electron chi connectivity index (χ3n) is 4.06. The lowest BCUT2D eigenvalue weighted by Crippen LogP contribution is -2.36. The number of aromatic nitrogens is 2. The molecular weight excluding hydrogens is 376 g/mol. The first-order valence-electron chi connectivity index (χ1n) is 8.08. The van der Waals surface area contributed by atoms with Gasteiger partial charge in [0, 0.05) is 23.6 Å². The van der Waals surface area contributed by atoms with Crippen molar-refractivity contribution in [1.29, 1.82) is 0 Å². The molecule has 1 aliphatic rings. The van der Waals surface area contributed by atoms with Crippen LogP contribution in [-0.4, -0.2) is 22.3 Å². The smallest absolute Gasteiger partial charge is 0.151 e. The molecule has 1 atom stereocenters. The minimum absolute atomic E-state index is 0.0230. The van der Waals surface area contributed by atoms with E-state index in [-0.39, 0.29) is 12.3 Å². The van der Waals surface area contributed by atoms with Gasteiger partial charge in [-0.1, -0.05) is 11.6 Å². The molecule has 0 spiro atoms. The van der Waals surface area contributed by atoms with Crippen LogP contribution in [0.5, 0.6) is 0 Å². The van der Waals surface area contributed by atoms with Gasteiger partial charge < -0.3 is 14.4 Å². The minimum atomic E-state index is -0.789. The fourth-order valence-corrected chi connectivity index (χ4v) is 2.94. The van der Waals surface area contributed by atoms with Gasteiger partial charge >= 0.3 is 0 Å². The van der Waals surface area contributed by atoms with Gasteiger partial charge in [-0.25, -0.2) is 13.8 Å². The number of rotatable bonds is 5. The van der Waals surface area contributed by atoms with Gasteiger partial charge in [-0.05, 0) is 37.6 Å². The van der Waals surface area contributed by atoms with Gasteiger partial charge in [0.15, 0.2) is 5.82 Å². The second-order valence-corrected chi connectivity index (χ2v) is 6.40. The Kier molecular flexibility index (Phi) is 5.51. The summed E-state index contributed by atoms with van der Waals surface area (Å²) < 4.78 is 32.2. The Morgan fingerprint density at radius 2 is 2.04 bits per heavy atom. The van der Waals surface area contributed by atoms with E-state index in [0.717, 1.165) is 35.5 Å². The monoisotopic (exact) mass is 391 g/mol. The van der Waals surface area contributed by atoms with Crippen LogP contribution in [0.25, 0.3) is 0 Å². The highest BCUT2D eigenvalue weighted by molar-refractivity contribution is 6.29. The second-order valence-electron chi connectivity index (χ2n) is 6.02. The van der Waals surface area contributed by atoms with E-state index in [1.165, 1.54) is 0 Å². The minimum Gasteiger partial charge on any atom is -0.487 e. The standard InChI is InChI=1S/C19H16ClF2N3O2/c1-11-7-24-19(20)6-18(11)25-12(2)3-15(5-14(25)9-26)27-10-17-16(22)4-13(21)8-23-17/h3-9,14H,10H2,1-2H3. The van der Waals surface area contributed by atoms with Gasteiger partial charge in [-0.2, -0.15) is 0 Å². The van der Waals surface area contributed by atoms with Crippen molar-refractivity contribution in [3.8, 4) is 0 Å². The fraction of sp³-hybridized carbons (Fsp3) is 0.211. The van der Waals surface area contributed by atoms with Crippen LogP contribution in [0.15, 0.2) is 48.1 Å². The van der Waals surface area contributed by atoms with Crippen molar-refractivity contribution in [2.24, 2.45) is 0 Å². The highest BCUT2D eigenvalue weighted by atomic mass is 35.5. The van der Waals surface area contributed by atoms with Crippen LogP contribution < -0.4 is 4.90 Å². The maximum absolute atomic E-state index is 13.7. The number of aryl methyl sites for hydroxylation is 1. The quantitative estimate of drug-likeness (QED) is 0.567. The first kappa shape index (κ1) is 19.0. The van der Waals surface area contributed by atoms with Crippen LogP contribution in [-0.2, 0) is 16.1 Å². The van der Waals surface area contributed by atoms with Crippen molar-refractivity contribution in [1.82, 2.24) is 9.97 Å². The molecule has 0 saturated carbocycles. The Morgan fingerprint density at radius 1 is 1.26 bits per heavy atom. The van der Waals surface area contributed by atoms with Crippen molar-refractivity contribution in [2.45, 2.75) is 26.5 Å². The Balaban J connectivity index is 1.83. The van der Waals surface area contributed by atoms with Crippen LogP contribution in [0.2, 0.25) is 5.15 Å². The van der Waals surface area contributed by atoms with Gasteiger partial charge in [0.1, 0.15) is 41.4 Å². The van der Waals surface area contributed by atoms with E-state index in [1.54, 1.807) is 29.3 Å². The summed E-state index contributed by atoms with van der Waals surface area (Å²) in [7, 11) is 0. The van der Waals surface area contributed by atoms with E-state index in [0.29, 0.717) is 10.9 Å². The highest BCUT2D eigenvalue weighted by Crippen LogP contribution is 2.31. The molecule has 0 fully saturated rings. The van der Waals surface area contributed by atoms with Crippen molar-refractivity contribution in [3.63, 3.8) is 0 Å². The number of hydrogen-bond donors (Lipinski definition) is 0. The van der Waals surface area contributed by atoms with Crippen molar-refractivity contribution >= 4 is 23.6 Å². The molecule has 5 nitrogen and oxygen atoms in total. The lowest BCUT2D eigenvalue weighted by atomic mass is 10.1. The summed E-state index contributed by atoms with van der Waals surface area (Å²) in [6, 6.07) is 1.80. The fourth-order valence-electron chi connectivity index (χ4n) is 2.79. The predicted molar refractivity (Wildman–Crippen MR) is 97.1 cm³/mol. The summed E-state index contributed by atoms with van der Waals surface area (Å²) in [5.41, 5.74) is 2.32. The Morgan fingerprint density at radius 3 is 2.74 bits per heavy atom. The highest BCUT2D eigenvalue weighted by Gasteiger charge is 2.25. The molecule has 0 aromatic carbocycles. The Labute approximate surface area is 159 Å². The van der Waals surface area contributed by atoms with E-state index in [2.05, 4.69) is 9.97 Å². The molecule has 8 heteroatoms. The van der Waals surface area contributed by atoms with E-state index in [9.17, 15) is 13.6 Å².